The number of nitrogens with one attached hydrogen (secondary N) is 1. The molecule has 31 heavy (non-hydrogen) atoms. The molecule has 1 aromatic rings. The summed E-state index contributed by atoms with van der Waals surface area (Å²) in [5.74, 6) is 0.0177. The number of carbonyl (C=O) groups excluding carboxylic acids is 1. The first kappa shape index (κ1) is 23.8. The molecule has 0 bridgehead atoms. The Bertz CT molecular complexity index is 724. The molecule has 0 atom stereocenters. The van der Waals surface area contributed by atoms with E-state index in [-0.39, 0.29) is 11.6 Å². The number of hydrogen-bond donors (Lipinski definition) is 1. The molecule has 3 rings (SSSR count). The van der Waals surface area contributed by atoms with Crippen LogP contribution in [0, 0.1) is 11.7 Å². The van der Waals surface area contributed by atoms with Gasteiger partial charge in [-0.25, -0.2) is 4.39 Å². The topological polar surface area (TPSA) is 35.6 Å². The van der Waals surface area contributed by atoms with E-state index < -0.39 is 17.6 Å². The highest BCUT2D eigenvalue weighted by Gasteiger charge is 2.32. The molecule has 1 N–H and O–H groups in total. The Kier molecular flexibility index (Phi) is 8.19. The minimum absolute atomic E-state index is 0.160. The Hall–Kier alpha value is -1.83. The lowest BCUT2D eigenvalue weighted by Gasteiger charge is -2.37. The molecule has 0 spiro atoms. The Morgan fingerprint density at radius 1 is 1.10 bits per heavy atom. The zero-order valence-electron chi connectivity index (χ0n) is 18.2. The van der Waals surface area contributed by atoms with Crippen LogP contribution in [0.2, 0.25) is 0 Å². The van der Waals surface area contributed by atoms with E-state index in [0.717, 1.165) is 64.2 Å². The minimum atomic E-state index is -4.53. The van der Waals surface area contributed by atoms with Crippen LogP contribution in [0.25, 0.3) is 0 Å². The van der Waals surface area contributed by atoms with Crippen LogP contribution < -0.4 is 10.2 Å². The van der Waals surface area contributed by atoms with Gasteiger partial charge in [0.25, 0.3) is 0 Å². The number of amides is 1. The minimum Gasteiger partial charge on any atom is -0.367 e. The van der Waals surface area contributed by atoms with Crippen molar-refractivity contribution < 1.29 is 22.4 Å². The number of anilines is 1. The van der Waals surface area contributed by atoms with Crippen LogP contribution in [0.15, 0.2) is 18.2 Å². The van der Waals surface area contributed by atoms with Gasteiger partial charge in [0.2, 0.25) is 5.91 Å². The van der Waals surface area contributed by atoms with Gasteiger partial charge < -0.3 is 10.2 Å². The molecule has 174 valence electrons. The first-order valence-corrected chi connectivity index (χ1v) is 11.4. The van der Waals surface area contributed by atoms with Crippen molar-refractivity contribution in [2.75, 3.05) is 37.6 Å². The molecular formula is C23H33F4N3O. The van der Waals surface area contributed by atoms with Crippen molar-refractivity contribution in [1.29, 1.82) is 0 Å². The van der Waals surface area contributed by atoms with Crippen molar-refractivity contribution in [3.8, 4) is 0 Å². The number of hydrogen-bond acceptors (Lipinski definition) is 3. The van der Waals surface area contributed by atoms with Crippen LogP contribution in [0.3, 0.4) is 0 Å². The van der Waals surface area contributed by atoms with E-state index in [9.17, 15) is 22.4 Å². The first-order valence-electron chi connectivity index (χ1n) is 11.4. The van der Waals surface area contributed by atoms with Gasteiger partial charge in [0.15, 0.2) is 0 Å². The van der Waals surface area contributed by atoms with Crippen molar-refractivity contribution in [3.05, 3.63) is 29.6 Å². The zero-order valence-corrected chi connectivity index (χ0v) is 18.2. The molecule has 1 aliphatic carbocycles. The predicted octanol–water partition coefficient (Wildman–Crippen LogP) is 4.83. The van der Waals surface area contributed by atoms with Crippen molar-refractivity contribution >= 4 is 11.6 Å². The van der Waals surface area contributed by atoms with Crippen LogP contribution in [0.4, 0.5) is 23.2 Å². The summed E-state index contributed by atoms with van der Waals surface area (Å²) in [7, 11) is 0. The van der Waals surface area contributed by atoms with Gasteiger partial charge in [0.05, 0.1) is 11.3 Å². The molecule has 1 heterocycles. The molecule has 1 saturated heterocycles. The summed E-state index contributed by atoms with van der Waals surface area (Å²) >= 11 is 0. The lowest BCUT2D eigenvalue weighted by molar-refractivity contribution is -0.137. The van der Waals surface area contributed by atoms with E-state index in [1.165, 1.54) is 6.07 Å². The van der Waals surface area contributed by atoms with E-state index in [0.29, 0.717) is 37.5 Å². The van der Waals surface area contributed by atoms with Crippen molar-refractivity contribution in [1.82, 2.24) is 10.2 Å². The molecule has 0 radical (unpaired) electrons. The van der Waals surface area contributed by atoms with Crippen molar-refractivity contribution in [3.63, 3.8) is 0 Å². The Balaban J connectivity index is 1.38. The quantitative estimate of drug-likeness (QED) is 0.613. The normalized spacial score (nSPS) is 23.1. The van der Waals surface area contributed by atoms with Gasteiger partial charge in [-0.2, -0.15) is 13.2 Å². The molecule has 0 unspecified atom stereocenters. The first-order chi connectivity index (χ1) is 14.8. The summed E-state index contributed by atoms with van der Waals surface area (Å²) in [6.07, 6.45) is 2.41. The van der Waals surface area contributed by atoms with Gasteiger partial charge >= 0.3 is 6.18 Å². The maximum absolute atomic E-state index is 14.2. The SMILES string of the molecule is CCCC(=O)NC1CCC(CCN2CCN(c3ccc(C(F)(F)F)cc3F)CC2)CC1. The highest BCUT2D eigenvalue weighted by molar-refractivity contribution is 5.76. The standard InChI is InChI=1S/C23H33F4N3O/c1-2-3-22(31)28-19-7-4-17(5-8-19)10-11-29-12-14-30(15-13-29)21-9-6-18(16-20(21)24)23(25,26)27/h6,9,16-17,19H,2-5,7-8,10-15H2,1H3,(H,28,31). The smallest absolute Gasteiger partial charge is 0.367 e. The fraction of sp³-hybridized carbons (Fsp3) is 0.696. The second-order valence-corrected chi connectivity index (χ2v) is 8.82. The van der Waals surface area contributed by atoms with Crippen LogP contribution in [-0.2, 0) is 11.0 Å². The maximum atomic E-state index is 14.2. The third kappa shape index (κ3) is 6.82. The number of carbonyl (C=O) groups is 1. The number of rotatable bonds is 7. The number of halogens is 4. The molecular weight excluding hydrogens is 410 g/mol. The van der Waals surface area contributed by atoms with Crippen LogP contribution in [-0.4, -0.2) is 49.6 Å². The number of piperazine rings is 1. The van der Waals surface area contributed by atoms with E-state index in [1.807, 2.05) is 11.8 Å². The highest BCUT2D eigenvalue weighted by Crippen LogP contribution is 2.33. The number of benzene rings is 1. The van der Waals surface area contributed by atoms with Gasteiger partial charge in [0.1, 0.15) is 5.82 Å². The summed E-state index contributed by atoms with van der Waals surface area (Å²) in [5.41, 5.74) is -0.705. The molecule has 4 nitrogen and oxygen atoms in total. The van der Waals surface area contributed by atoms with Crippen molar-refractivity contribution in [2.24, 2.45) is 5.92 Å². The average Bonchev–Trinajstić information content (AvgIpc) is 2.73. The lowest BCUT2D eigenvalue weighted by Crippen LogP contribution is -2.47. The van der Waals surface area contributed by atoms with Gasteiger partial charge in [0, 0.05) is 38.6 Å². The number of nitrogens with zero attached hydrogens (tertiary/aromatic N) is 2. The van der Waals surface area contributed by atoms with E-state index >= 15 is 0 Å². The largest absolute Gasteiger partial charge is 0.416 e. The monoisotopic (exact) mass is 443 g/mol. The Morgan fingerprint density at radius 2 is 1.77 bits per heavy atom. The van der Waals surface area contributed by atoms with Crippen molar-refractivity contribution in [2.45, 2.75) is 64.1 Å². The zero-order chi connectivity index (χ0) is 22.4. The third-order valence-corrected chi connectivity index (χ3v) is 6.53. The summed E-state index contributed by atoms with van der Waals surface area (Å²) < 4.78 is 52.4. The summed E-state index contributed by atoms with van der Waals surface area (Å²) in [6.45, 7) is 5.78. The molecule has 2 aliphatic rings. The molecule has 2 fully saturated rings. The number of alkyl halides is 3. The maximum Gasteiger partial charge on any atom is 0.416 e. The molecule has 8 heteroatoms. The second kappa shape index (κ2) is 10.7. The lowest BCUT2D eigenvalue weighted by atomic mass is 9.84. The Labute approximate surface area is 182 Å². The molecule has 1 aromatic carbocycles. The van der Waals surface area contributed by atoms with Gasteiger partial charge in [-0.3, -0.25) is 9.69 Å². The Morgan fingerprint density at radius 3 is 2.35 bits per heavy atom. The van der Waals surface area contributed by atoms with Gasteiger partial charge in [-0.05, 0) is 69.2 Å². The summed E-state index contributed by atoms with van der Waals surface area (Å²) in [6, 6.07) is 3.09. The third-order valence-electron chi connectivity index (χ3n) is 6.53. The fourth-order valence-corrected chi connectivity index (χ4v) is 4.64. The molecule has 1 amide bonds. The molecule has 1 aliphatic heterocycles. The molecule has 0 aromatic heterocycles. The fourth-order valence-electron chi connectivity index (χ4n) is 4.64. The highest BCUT2D eigenvalue weighted by atomic mass is 19.4. The van der Waals surface area contributed by atoms with Crippen LogP contribution in [0.1, 0.15) is 57.4 Å². The van der Waals surface area contributed by atoms with E-state index in [1.54, 1.807) is 0 Å². The van der Waals surface area contributed by atoms with Crippen LogP contribution in [0.5, 0.6) is 0 Å². The summed E-state index contributed by atoms with van der Waals surface area (Å²) in [5, 5.41) is 3.13. The van der Waals surface area contributed by atoms with Gasteiger partial charge in [-0.15, -0.1) is 0 Å². The van der Waals surface area contributed by atoms with E-state index in [2.05, 4.69) is 10.2 Å². The second-order valence-electron chi connectivity index (χ2n) is 8.82. The van der Waals surface area contributed by atoms with Crippen LogP contribution >= 0.6 is 0 Å². The van der Waals surface area contributed by atoms with Gasteiger partial charge in [-0.1, -0.05) is 6.92 Å². The van der Waals surface area contributed by atoms with E-state index in [4.69, 9.17) is 0 Å². The predicted molar refractivity (Wildman–Crippen MR) is 113 cm³/mol. The molecule has 1 saturated carbocycles. The summed E-state index contributed by atoms with van der Waals surface area (Å²) in [4.78, 5) is 15.9. The average molecular weight is 444 g/mol.